The summed E-state index contributed by atoms with van der Waals surface area (Å²) in [6, 6.07) is 7.61. The van der Waals surface area contributed by atoms with E-state index >= 15 is 0 Å². The number of para-hydroxylation sites is 1. The largest absolute Gasteiger partial charge is 0.483 e. The molecule has 4 nitrogen and oxygen atoms in total. The highest BCUT2D eigenvalue weighted by atomic mass is 16.5. The molecule has 0 radical (unpaired) electrons. The average molecular weight is 271 g/mol. The summed E-state index contributed by atoms with van der Waals surface area (Å²) >= 11 is 0. The van der Waals surface area contributed by atoms with Gasteiger partial charge in [-0.3, -0.25) is 4.98 Å². The summed E-state index contributed by atoms with van der Waals surface area (Å²) in [6.45, 7) is 4.03. The van der Waals surface area contributed by atoms with Crippen LogP contribution in [0.3, 0.4) is 0 Å². The van der Waals surface area contributed by atoms with Crippen LogP contribution < -0.4 is 9.47 Å². The quantitative estimate of drug-likeness (QED) is 0.932. The smallest absolute Gasteiger partial charge is 0.169 e. The highest BCUT2D eigenvalue weighted by molar-refractivity contribution is 5.52. The van der Waals surface area contributed by atoms with Crippen LogP contribution in [-0.2, 0) is 13.0 Å². The van der Waals surface area contributed by atoms with E-state index in [0.717, 1.165) is 17.7 Å². The van der Waals surface area contributed by atoms with Crippen molar-refractivity contribution in [2.24, 2.45) is 0 Å². The lowest BCUT2D eigenvalue weighted by atomic mass is 10.0. The zero-order valence-electron chi connectivity index (χ0n) is 11.6. The van der Waals surface area contributed by atoms with E-state index < -0.39 is 0 Å². The van der Waals surface area contributed by atoms with Gasteiger partial charge in [-0.15, -0.1) is 0 Å². The molecule has 0 spiro atoms. The van der Waals surface area contributed by atoms with Crippen LogP contribution in [0.1, 0.15) is 25.0 Å². The van der Waals surface area contributed by atoms with E-state index in [1.807, 2.05) is 18.2 Å². The van der Waals surface area contributed by atoms with Crippen molar-refractivity contribution in [1.29, 1.82) is 0 Å². The van der Waals surface area contributed by atoms with E-state index in [2.05, 4.69) is 18.8 Å². The van der Waals surface area contributed by atoms with Crippen LogP contribution in [0.25, 0.3) is 0 Å². The first-order chi connectivity index (χ1) is 9.59. The fraction of sp³-hybridized carbons (Fsp3) is 0.312. The molecule has 0 saturated heterocycles. The molecule has 0 unspecified atom stereocenters. The molecule has 3 rings (SSSR count). The number of aliphatic hydroxyl groups is 1. The Morgan fingerprint density at radius 3 is 2.95 bits per heavy atom. The second-order valence-corrected chi connectivity index (χ2v) is 5.53. The predicted molar refractivity (Wildman–Crippen MR) is 75.1 cm³/mol. The van der Waals surface area contributed by atoms with Gasteiger partial charge in [0.25, 0.3) is 0 Å². The Kier molecular flexibility index (Phi) is 3.10. The van der Waals surface area contributed by atoms with Gasteiger partial charge < -0.3 is 14.6 Å². The Bertz CT molecular complexity index is 637. The minimum atomic E-state index is -0.212. The molecule has 1 aliphatic heterocycles. The van der Waals surface area contributed by atoms with Gasteiger partial charge in [0.15, 0.2) is 17.2 Å². The molecule has 4 heteroatoms. The fourth-order valence-electron chi connectivity index (χ4n) is 2.42. The molecular formula is C16H17NO3. The van der Waals surface area contributed by atoms with Gasteiger partial charge in [-0.1, -0.05) is 12.1 Å². The highest BCUT2D eigenvalue weighted by Crippen LogP contribution is 2.43. The molecule has 1 aliphatic rings. The topological polar surface area (TPSA) is 51.6 Å². The number of benzene rings is 1. The molecule has 2 heterocycles. The van der Waals surface area contributed by atoms with E-state index in [0.29, 0.717) is 17.1 Å². The molecule has 0 saturated carbocycles. The van der Waals surface area contributed by atoms with Gasteiger partial charge in [0.2, 0.25) is 0 Å². The Morgan fingerprint density at radius 1 is 1.30 bits per heavy atom. The third-order valence-corrected chi connectivity index (χ3v) is 3.32. The third kappa shape index (κ3) is 2.34. The minimum Gasteiger partial charge on any atom is -0.483 e. The van der Waals surface area contributed by atoms with Crippen LogP contribution in [-0.4, -0.2) is 15.7 Å². The van der Waals surface area contributed by atoms with Gasteiger partial charge in [0, 0.05) is 23.7 Å². The zero-order valence-corrected chi connectivity index (χ0v) is 11.6. The summed E-state index contributed by atoms with van der Waals surface area (Å²) < 4.78 is 11.9. The Labute approximate surface area is 118 Å². The van der Waals surface area contributed by atoms with Crippen molar-refractivity contribution in [3.63, 3.8) is 0 Å². The second-order valence-electron chi connectivity index (χ2n) is 5.53. The lowest BCUT2D eigenvalue weighted by molar-refractivity contribution is 0.135. The van der Waals surface area contributed by atoms with Crippen molar-refractivity contribution in [3.8, 4) is 17.2 Å². The molecule has 0 amide bonds. The summed E-state index contributed by atoms with van der Waals surface area (Å²) in [4.78, 5) is 4.03. The van der Waals surface area contributed by atoms with Gasteiger partial charge in [-0.05, 0) is 26.0 Å². The zero-order chi connectivity index (χ0) is 14.2. The molecule has 0 fully saturated rings. The van der Waals surface area contributed by atoms with Crippen molar-refractivity contribution >= 4 is 0 Å². The normalized spacial score (nSPS) is 15.6. The third-order valence-electron chi connectivity index (χ3n) is 3.32. The molecule has 1 aromatic carbocycles. The number of pyridine rings is 1. The second kappa shape index (κ2) is 4.80. The van der Waals surface area contributed by atoms with Gasteiger partial charge in [-0.25, -0.2) is 0 Å². The van der Waals surface area contributed by atoms with Crippen LogP contribution >= 0.6 is 0 Å². The maximum atomic E-state index is 9.33. The van der Waals surface area contributed by atoms with E-state index in [1.54, 1.807) is 18.5 Å². The number of aliphatic hydroxyl groups excluding tert-OH is 1. The first-order valence-electron chi connectivity index (χ1n) is 6.61. The fourth-order valence-corrected chi connectivity index (χ4v) is 2.42. The summed E-state index contributed by atoms with van der Waals surface area (Å²) in [5, 5.41) is 9.33. The monoisotopic (exact) mass is 271 g/mol. The molecule has 1 N–H and O–H groups in total. The molecular weight excluding hydrogens is 254 g/mol. The number of fused-ring (bicyclic) bond motifs is 1. The van der Waals surface area contributed by atoms with Gasteiger partial charge in [-0.2, -0.15) is 0 Å². The lowest BCUT2D eigenvalue weighted by Gasteiger charge is -2.18. The molecule has 0 bridgehead atoms. The number of rotatable bonds is 3. The molecule has 0 aliphatic carbocycles. The number of hydrogen-bond donors (Lipinski definition) is 1. The maximum Gasteiger partial charge on any atom is 0.169 e. The SMILES string of the molecule is CC1(C)Cc2cccc(Oc3cnccc3CO)c2O1. The number of hydrogen-bond acceptors (Lipinski definition) is 4. The summed E-state index contributed by atoms with van der Waals surface area (Å²) in [5.74, 6) is 2.00. The van der Waals surface area contributed by atoms with Crippen molar-refractivity contribution < 1.29 is 14.6 Å². The van der Waals surface area contributed by atoms with Gasteiger partial charge in [0.05, 0.1) is 12.8 Å². The Morgan fingerprint density at radius 2 is 2.15 bits per heavy atom. The summed E-state index contributed by atoms with van der Waals surface area (Å²) in [7, 11) is 0. The van der Waals surface area contributed by atoms with E-state index in [9.17, 15) is 5.11 Å². The minimum absolute atomic E-state index is 0.0841. The van der Waals surface area contributed by atoms with Crippen molar-refractivity contribution in [3.05, 3.63) is 47.8 Å². The maximum absolute atomic E-state index is 9.33. The van der Waals surface area contributed by atoms with Crippen molar-refractivity contribution in [1.82, 2.24) is 4.98 Å². The van der Waals surface area contributed by atoms with Crippen LogP contribution in [0.5, 0.6) is 17.2 Å². The van der Waals surface area contributed by atoms with E-state index in [4.69, 9.17) is 9.47 Å². The molecule has 0 atom stereocenters. The highest BCUT2D eigenvalue weighted by Gasteiger charge is 2.32. The van der Waals surface area contributed by atoms with Gasteiger partial charge in [0.1, 0.15) is 5.60 Å². The van der Waals surface area contributed by atoms with Crippen molar-refractivity contribution in [2.75, 3.05) is 0 Å². The molecule has 2 aromatic rings. The molecule has 20 heavy (non-hydrogen) atoms. The van der Waals surface area contributed by atoms with E-state index in [-0.39, 0.29) is 12.2 Å². The van der Waals surface area contributed by atoms with Crippen LogP contribution in [0.2, 0.25) is 0 Å². The summed E-state index contributed by atoms with van der Waals surface area (Å²) in [6.07, 6.45) is 4.10. The van der Waals surface area contributed by atoms with Crippen LogP contribution in [0.4, 0.5) is 0 Å². The predicted octanol–water partition coefficient (Wildman–Crippen LogP) is 3.08. The molecule has 104 valence electrons. The summed E-state index contributed by atoms with van der Waals surface area (Å²) in [5.41, 5.74) is 1.63. The van der Waals surface area contributed by atoms with Crippen LogP contribution in [0, 0.1) is 0 Å². The van der Waals surface area contributed by atoms with Gasteiger partial charge >= 0.3 is 0 Å². The van der Waals surface area contributed by atoms with E-state index in [1.165, 1.54) is 0 Å². The lowest BCUT2D eigenvalue weighted by Crippen LogP contribution is -2.24. The first kappa shape index (κ1) is 12.9. The first-order valence-corrected chi connectivity index (χ1v) is 6.61. The number of nitrogens with zero attached hydrogens (tertiary/aromatic N) is 1. The van der Waals surface area contributed by atoms with Crippen LogP contribution in [0.15, 0.2) is 36.7 Å². The molecule has 1 aromatic heterocycles. The Balaban J connectivity index is 1.96. The standard InChI is InChI=1S/C16H17NO3/c1-16(2)8-11-4-3-5-13(15(11)20-16)19-14-9-17-7-6-12(14)10-18/h3-7,9,18H,8,10H2,1-2H3. The average Bonchev–Trinajstić information content (AvgIpc) is 2.74. The Hall–Kier alpha value is -2.07. The number of aromatic nitrogens is 1. The van der Waals surface area contributed by atoms with Crippen molar-refractivity contribution in [2.45, 2.75) is 32.5 Å². The number of ether oxygens (including phenoxy) is 2.